The molecule has 5 nitrogen and oxygen atoms in total. The highest BCUT2D eigenvalue weighted by Crippen LogP contribution is 2.41. The molecule has 1 atom stereocenters. The van der Waals surface area contributed by atoms with E-state index in [0.717, 1.165) is 0 Å². The summed E-state index contributed by atoms with van der Waals surface area (Å²) in [7, 11) is 0. The molecule has 0 aromatic heterocycles. The highest BCUT2D eigenvalue weighted by atomic mass is 35.5. The normalized spacial score (nSPS) is 20.2. The monoisotopic (exact) mass is 426 g/mol. The average molecular weight is 427 g/mol. The number of ether oxygens (including phenoxy) is 1. The third kappa shape index (κ3) is 5.06. The molecule has 1 amide bonds. The Morgan fingerprint density at radius 2 is 2.07 bits per heavy atom. The number of nitrogens with zero attached hydrogens (tertiary/aromatic N) is 2. The van der Waals surface area contributed by atoms with E-state index in [1.54, 1.807) is 0 Å². The van der Waals surface area contributed by atoms with Crippen LogP contribution in [-0.2, 0) is 4.79 Å². The van der Waals surface area contributed by atoms with Crippen molar-refractivity contribution in [2.24, 2.45) is 11.0 Å². The summed E-state index contributed by atoms with van der Waals surface area (Å²) in [4.78, 5) is 12.3. The molecule has 0 saturated heterocycles. The molecule has 27 heavy (non-hydrogen) atoms. The van der Waals surface area contributed by atoms with Crippen LogP contribution in [0.15, 0.2) is 23.3 Å². The fourth-order valence-electron chi connectivity index (χ4n) is 2.49. The zero-order chi connectivity index (χ0) is 20.4. The minimum absolute atomic E-state index is 0.0620. The number of carbonyl (C=O) groups excluding carboxylic acids is 1. The molecule has 10 heteroatoms. The van der Waals surface area contributed by atoms with E-state index < -0.39 is 30.8 Å². The number of carbonyl (C=O) groups is 1. The van der Waals surface area contributed by atoms with Crippen molar-refractivity contribution in [1.29, 1.82) is 0 Å². The highest BCUT2D eigenvalue weighted by Gasteiger charge is 2.63. The second-order valence-corrected chi connectivity index (χ2v) is 7.50. The number of benzene rings is 1. The summed E-state index contributed by atoms with van der Waals surface area (Å²) < 4.78 is 45.4. The zero-order valence-corrected chi connectivity index (χ0v) is 16.2. The summed E-state index contributed by atoms with van der Waals surface area (Å²) in [5, 5.41) is 14.4. The first kappa shape index (κ1) is 21.8. The van der Waals surface area contributed by atoms with Crippen LogP contribution in [0.2, 0.25) is 10.0 Å². The van der Waals surface area contributed by atoms with Gasteiger partial charge in [-0.15, -0.1) is 0 Å². The average Bonchev–Trinajstić information content (AvgIpc) is 2.90. The van der Waals surface area contributed by atoms with E-state index in [1.165, 1.54) is 18.2 Å². The zero-order valence-electron chi connectivity index (χ0n) is 14.7. The first-order chi connectivity index (χ1) is 12.4. The van der Waals surface area contributed by atoms with Crippen molar-refractivity contribution in [3.63, 3.8) is 0 Å². The van der Waals surface area contributed by atoms with Crippen LogP contribution in [0.25, 0.3) is 0 Å². The van der Waals surface area contributed by atoms with E-state index in [9.17, 15) is 23.1 Å². The predicted octanol–water partition coefficient (Wildman–Crippen LogP) is 4.65. The van der Waals surface area contributed by atoms with Crippen molar-refractivity contribution in [3.05, 3.63) is 28.2 Å². The smallest absolute Gasteiger partial charge is 0.438 e. The highest BCUT2D eigenvalue weighted by molar-refractivity contribution is 6.35. The molecule has 0 spiro atoms. The first-order valence-corrected chi connectivity index (χ1v) is 8.96. The van der Waals surface area contributed by atoms with E-state index in [2.05, 4.69) is 5.10 Å². The molecular formula is C17H19Cl2F3N2O3. The molecule has 0 radical (unpaired) electrons. The van der Waals surface area contributed by atoms with Crippen molar-refractivity contribution in [1.82, 2.24) is 5.01 Å². The van der Waals surface area contributed by atoms with E-state index in [4.69, 9.17) is 27.9 Å². The third-order valence-electron chi connectivity index (χ3n) is 3.99. The number of hydrogen-bond donors (Lipinski definition) is 1. The lowest BCUT2D eigenvalue weighted by Gasteiger charge is -2.32. The van der Waals surface area contributed by atoms with Crippen molar-refractivity contribution in [3.8, 4) is 5.75 Å². The van der Waals surface area contributed by atoms with Gasteiger partial charge < -0.3 is 9.84 Å². The maximum atomic E-state index is 13.4. The lowest BCUT2D eigenvalue weighted by Crippen LogP contribution is -2.57. The Labute approximate surface area is 164 Å². The lowest BCUT2D eigenvalue weighted by atomic mass is 9.99. The molecule has 1 aliphatic heterocycles. The molecule has 0 fully saturated rings. The number of alkyl halides is 3. The van der Waals surface area contributed by atoms with Gasteiger partial charge in [-0.1, -0.05) is 37.0 Å². The number of aliphatic hydroxyl groups is 1. The topological polar surface area (TPSA) is 62.1 Å². The van der Waals surface area contributed by atoms with Crippen LogP contribution in [0.5, 0.6) is 5.75 Å². The van der Waals surface area contributed by atoms with Gasteiger partial charge >= 0.3 is 6.18 Å². The van der Waals surface area contributed by atoms with Gasteiger partial charge in [0, 0.05) is 17.2 Å². The quantitative estimate of drug-likeness (QED) is 0.719. The Kier molecular flexibility index (Phi) is 6.65. The fourth-order valence-corrected chi connectivity index (χ4v) is 2.95. The van der Waals surface area contributed by atoms with Gasteiger partial charge in [-0.25, -0.2) is 0 Å². The SMILES string of the molecule is CC(C)CCC1=NN(C(=O)COc2ccc(Cl)cc2Cl)[C@@](O)(C(F)(F)F)C1. The summed E-state index contributed by atoms with van der Waals surface area (Å²) in [5.41, 5.74) is -3.27. The predicted molar refractivity (Wildman–Crippen MR) is 95.9 cm³/mol. The summed E-state index contributed by atoms with van der Waals surface area (Å²) >= 11 is 11.7. The van der Waals surface area contributed by atoms with Crippen LogP contribution in [0.1, 0.15) is 33.1 Å². The minimum atomic E-state index is -5.07. The molecule has 1 aromatic rings. The van der Waals surface area contributed by atoms with Crippen LogP contribution in [0.4, 0.5) is 13.2 Å². The molecule has 0 saturated carbocycles. The molecule has 2 rings (SSSR count). The summed E-state index contributed by atoms with van der Waals surface area (Å²) in [5.74, 6) is -0.819. The number of halogens is 5. The van der Waals surface area contributed by atoms with E-state index >= 15 is 0 Å². The largest absolute Gasteiger partial charge is 0.482 e. The fraction of sp³-hybridized carbons (Fsp3) is 0.529. The molecule has 0 unspecified atom stereocenters. The molecule has 0 aliphatic carbocycles. The molecule has 1 N–H and O–H groups in total. The van der Waals surface area contributed by atoms with Crippen molar-refractivity contribution in [2.45, 2.75) is 45.0 Å². The van der Waals surface area contributed by atoms with Gasteiger partial charge in [0.25, 0.3) is 11.6 Å². The van der Waals surface area contributed by atoms with Crippen LogP contribution < -0.4 is 4.74 Å². The number of rotatable bonds is 6. The lowest BCUT2D eigenvalue weighted by molar-refractivity contribution is -0.302. The summed E-state index contributed by atoms with van der Waals surface area (Å²) in [6.07, 6.45) is -5.00. The van der Waals surface area contributed by atoms with Crippen LogP contribution in [-0.4, -0.2) is 40.2 Å². The Balaban J connectivity index is 2.16. The van der Waals surface area contributed by atoms with Gasteiger partial charge in [-0.3, -0.25) is 4.79 Å². The maximum Gasteiger partial charge on any atom is 0.438 e. The molecule has 1 aliphatic rings. The molecular weight excluding hydrogens is 408 g/mol. The number of hydrazone groups is 1. The molecule has 150 valence electrons. The van der Waals surface area contributed by atoms with E-state index in [1.807, 2.05) is 13.8 Å². The van der Waals surface area contributed by atoms with Crippen molar-refractivity contribution >= 4 is 34.8 Å². The van der Waals surface area contributed by atoms with Crippen LogP contribution in [0, 0.1) is 5.92 Å². The minimum Gasteiger partial charge on any atom is -0.482 e. The number of amides is 1. The van der Waals surface area contributed by atoms with Crippen LogP contribution >= 0.6 is 23.2 Å². The Morgan fingerprint density at radius 1 is 1.41 bits per heavy atom. The Hall–Kier alpha value is -1.51. The second-order valence-electron chi connectivity index (χ2n) is 6.66. The van der Waals surface area contributed by atoms with E-state index in [0.29, 0.717) is 11.4 Å². The van der Waals surface area contributed by atoms with Gasteiger partial charge in [0.2, 0.25) is 0 Å². The van der Waals surface area contributed by atoms with Gasteiger partial charge in [0.1, 0.15) is 5.75 Å². The van der Waals surface area contributed by atoms with Crippen molar-refractivity contribution in [2.75, 3.05) is 6.61 Å². The van der Waals surface area contributed by atoms with Crippen LogP contribution in [0.3, 0.4) is 0 Å². The Bertz CT molecular complexity index is 741. The molecule has 1 heterocycles. The van der Waals surface area contributed by atoms with Gasteiger partial charge in [-0.2, -0.15) is 23.3 Å². The molecule has 0 bridgehead atoms. The van der Waals surface area contributed by atoms with Gasteiger partial charge in [-0.05, 0) is 37.0 Å². The summed E-state index contributed by atoms with van der Waals surface area (Å²) in [6, 6.07) is 4.21. The second kappa shape index (κ2) is 8.24. The van der Waals surface area contributed by atoms with Gasteiger partial charge in [0.05, 0.1) is 5.02 Å². The maximum absolute atomic E-state index is 13.4. The molecule has 1 aromatic carbocycles. The van der Waals surface area contributed by atoms with Gasteiger partial charge in [0.15, 0.2) is 6.61 Å². The number of hydrogen-bond acceptors (Lipinski definition) is 4. The van der Waals surface area contributed by atoms with Crippen molar-refractivity contribution < 1.29 is 27.8 Å². The standard InChI is InChI=1S/C17H19Cl2F3N2O3/c1-10(2)3-5-12-8-16(26,17(20,21)22)24(23-12)15(25)9-27-14-6-4-11(18)7-13(14)19/h4,6-7,10,26H,3,5,8-9H2,1-2H3/t16-/m0/s1. The first-order valence-electron chi connectivity index (χ1n) is 8.20. The Morgan fingerprint density at radius 3 is 2.63 bits per heavy atom. The summed E-state index contributed by atoms with van der Waals surface area (Å²) in [6.45, 7) is 3.05. The third-order valence-corrected chi connectivity index (χ3v) is 4.52. The van der Waals surface area contributed by atoms with E-state index in [-0.39, 0.29) is 33.8 Å².